The highest BCUT2D eigenvalue weighted by Crippen LogP contribution is 2.56. The molecule has 3 fully saturated rings. The molecular weight excluding hydrogens is 324 g/mol. The first kappa shape index (κ1) is 17.7. The summed E-state index contributed by atoms with van der Waals surface area (Å²) >= 11 is 0. The van der Waals surface area contributed by atoms with E-state index >= 15 is 0 Å². The molecule has 2 saturated heterocycles. The maximum Gasteiger partial charge on any atom is 0.146 e. The summed E-state index contributed by atoms with van der Waals surface area (Å²) in [5.41, 5.74) is 3.21. The number of carbonyl (C=O) groups is 1. The highest BCUT2D eigenvalue weighted by Gasteiger charge is 2.62. The van der Waals surface area contributed by atoms with Gasteiger partial charge in [0, 0.05) is 37.7 Å². The van der Waals surface area contributed by atoms with E-state index in [9.17, 15) is 9.90 Å². The number of para-hydroxylation sites is 1. The molecule has 1 saturated carbocycles. The minimum atomic E-state index is -0.478. The molecule has 140 valence electrons. The third kappa shape index (κ3) is 2.25. The molecule has 1 aromatic carbocycles. The molecule has 0 amide bonds. The Morgan fingerprint density at radius 1 is 1.35 bits per heavy atom. The fraction of sp³-hybridized carbons (Fsp3) is 0.591. The van der Waals surface area contributed by atoms with Crippen LogP contribution in [0.4, 0.5) is 5.69 Å². The Morgan fingerprint density at radius 2 is 2.12 bits per heavy atom. The number of anilines is 1. The van der Waals surface area contributed by atoms with Gasteiger partial charge in [-0.25, -0.2) is 0 Å². The van der Waals surface area contributed by atoms with E-state index in [0.29, 0.717) is 12.2 Å². The summed E-state index contributed by atoms with van der Waals surface area (Å²) in [5, 5.41) is 10.4. The quantitative estimate of drug-likeness (QED) is 0.829. The Kier molecular flexibility index (Phi) is 4.44. The van der Waals surface area contributed by atoms with Crippen LogP contribution in [0.15, 0.2) is 35.9 Å². The van der Waals surface area contributed by atoms with Gasteiger partial charge in [-0.1, -0.05) is 29.8 Å². The molecule has 0 radical (unpaired) electrons. The monoisotopic (exact) mass is 354 g/mol. The number of nitrogens with zero attached hydrogens (tertiary/aromatic N) is 2. The average molecular weight is 354 g/mol. The Bertz CT molecular complexity index is 743. The van der Waals surface area contributed by atoms with Crippen LogP contribution in [-0.2, 0) is 10.2 Å². The molecule has 5 rings (SSSR count). The Balaban J connectivity index is 1.96. The molecule has 3 aliphatic heterocycles. The van der Waals surface area contributed by atoms with Gasteiger partial charge in [0.15, 0.2) is 0 Å². The number of aliphatic hydroxyl groups is 1. The van der Waals surface area contributed by atoms with Crippen LogP contribution >= 0.6 is 0 Å². The minimum Gasteiger partial charge on any atom is -0.396 e. The van der Waals surface area contributed by atoms with E-state index in [1.807, 2.05) is 0 Å². The predicted octanol–water partition coefficient (Wildman–Crippen LogP) is 2.61. The van der Waals surface area contributed by atoms with E-state index in [2.05, 4.69) is 61.0 Å². The maximum absolute atomic E-state index is 13.7. The summed E-state index contributed by atoms with van der Waals surface area (Å²) in [6.07, 6.45) is 3.57. The van der Waals surface area contributed by atoms with Crippen molar-refractivity contribution in [2.45, 2.75) is 38.1 Å². The molecule has 4 aliphatic rings. The van der Waals surface area contributed by atoms with Crippen molar-refractivity contribution in [2.24, 2.45) is 11.8 Å². The highest BCUT2D eigenvalue weighted by atomic mass is 16.3. The third-order valence-corrected chi connectivity index (χ3v) is 7.10. The first-order valence-electron chi connectivity index (χ1n) is 9.92. The summed E-state index contributed by atoms with van der Waals surface area (Å²) in [6.45, 7) is 7.02. The summed E-state index contributed by atoms with van der Waals surface area (Å²) in [6, 6.07) is 8.49. The fourth-order valence-corrected chi connectivity index (χ4v) is 5.94. The van der Waals surface area contributed by atoms with E-state index in [0.717, 1.165) is 26.1 Å². The zero-order chi connectivity index (χ0) is 18.5. The normalized spacial score (nSPS) is 35.8. The average Bonchev–Trinajstić information content (AvgIpc) is 2.98. The van der Waals surface area contributed by atoms with Crippen molar-refractivity contribution in [3.05, 3.63) is 41.5 Å². The molecule has 4 heteroatoms. The number of rotatable bonds is 2. The van der Waals surface area contributed by atoms with Crippen molar-refractivity contribution in [3.8, 4) is 0 Å². The first-order chi connectivity index (χ1) is 12.6. The van der Waals surface area contributed by atoms with Crippen molar-refractivity contribution in [1.29, 1.82) is 0 Å². The summed E-state index contributed by atoms with van der Waals surface area (Å²) < 4.78 is 0. The highest BCUT2D eigenvalue weighted by molar-refractivity contribution is 5.97. The lowest BCUT2D eigenvalue weighted by Crippen LogP contribution is -2.60. The molecule has 3 heterocycles. The van der Waals surface area contributed by atoms with Crippen LogP contribution in [0.2, 0.25) is 0 Å². The molecular formula is C22H30N2O2. The number of likely N-dealkylation sites (N-methyl/N-ethyl adjacent to an activating group) is 2. The number of hydrogen-bond acceptors (Lipinski definition) is 4. The molecule has 1 spiro atoms. The number of aliphatic hydroxyl groups excluding tert-OH is 1. The second-order valence-corrected chi connectivity index (χ2v) is 8.15. The SMILES string of the molecule is C/C=C1\CN(C)CCC23C(=O)C[C@@H]1[C@@H](CO)[C@@H]2N(CC)c1ccccc13. The number of benzene rings is 1. The van der Waals surface area contributed by atoms with Crippen LogP contribution in [-0.4, -0.2) is 55.1 Å². The van der Waals surface area contributed by atoms with Gasteiger partial charge in [0.1, 0.15) is 5.78 Å². The first-order valence-corrected chi connectivity index (χ1v) is 9.92. The van der Waals surface area contributed by atoms with Crippen LogP contribution in [0.5, 0.6) is 0 Å². The molecule has 4 atom stereocenters. The van der Waals surface area contributed by atoms with Gasteiger partial charge in [-0.15, -0.1) is 0 Å². The number of ketones is 1. The van der Waals surface area contributed by atoms with E-state index < -0.39 is 5.41 Å². The standard InChI is InChI=1S/C22H30N2O2/c1-4-15-13-23(3)11-10-22-18-8-6-7-9-19(18)24(5-2)21(22)17(14-25)16(15)12-20(22)26/h4,6-9,16-17,21,25H,5,10-14H2,1-3H3/b15-4+/t16-,17+,21-,22?/m0/s1. The smallest absolute Gasteiger partial charge is 0.146 e. The van der Waals surface area contributed by atoms with Crippen LogP contribution in [0, 0.1) is 11.8 Å². The molecule has 2 bridgehead atoms. The van der Waals surface area contributed by atoms with Gasteiger partial charge < -0.3 is 14.9 Å². The Hall–Kier alpha value is -1.65. The third-order valence-electron chi connectivity index (χ3n) is 7.10. The summed E-state index contributed by atoms with van der Waals surface area (Å²) in [5.74, 6) is 0.604. The van der Waals surface area contributed by atoms with E-state index in [1.54, 1.807) is 0 Å². The van der Waals surface area contributed by atoms with E-state index in [4.69, 9.17) is 0 Å². The molecule has 1 N–H and O–H groups in total. The van der Waals surface area contributed by atoms with Crippen molar-refractivity contribution in [3.63, 3.8) is 0 Å². The van der Waals surface area contributed by atoms with Gasteiger partial charge in [0.2, 0.25) is 0 Å². The molecule has 1 aliphatic carbocycles. The maximum atomic E-state index is 13.7. The number of fused-ring (bicyclic) bond motifs is 6. The molecule has 1 unspecified atom stereocenters. The van der Waals surface area contributed by atoms with Gasteiger partial charge in [0.25, 0.3) is 0 Å². The zero-order valence-electron chi connectivity index (χ0n) is 16.1. The van der Waals surface area contributed by atoms with Crippen molar-refractivity contribution in [2.75, 3.05) is 38.2 Å². The van der Waals surface area contributed by atoms with E-state index in [1.165, 1.54) is 16.8 Å². The second-order valence-electron chi connectivity index (χ2n) is 8.15. The molecule has 4 nitrogen and oxygen atoms in total. The minimum absolute atomic E-state index is 0.0580. The summed E-state index contributed by atoms with van der Waals surface area (Å²) in [7, 11) is 2.15. The van der Waals surface area contributed by atoms with Crippen molar-refractivity contribution >= 4 is 11.5 Å². The van der Waals surface area contributed by atoms with Gasteiger partial charge in [0.05, 0.1) is 11.5 Å². The van der Waals surface area contributed by atoms with Crippen LogP contribution in [0.25, 0.3) is 0 Å². The van der Waals surface area contributed by atoms with Crippen LogP contribution < -0.4 is 4.90 Å². The number of carbonyl (C=O) groups excluding carboxylic acids is 1. The largest absolute Gasteiger partial charge is 0.396 e. The lowest BCUT2D eigenvalue weighted by Gasteiger charge is -2.49. The van der Waals surface area contributed by atoms with Gasteiger partial charge in [-0.05, 0) is 51.4 Å². The molecule has 26 heavy (non-hydrogen) atoms. The second kappa shape index (κ2) is 6.50. The van der Waals surface area contributed by atoms with Gasteiger partial charge in [-0.3, -0.25) is 4.79 Å². The number of hydrogen-bond donors (Lipinski definition) is 1. The van der Waals surface area contributed by atoms with Gasteiger partial charge in [-0.2, -0.15) is 0 Å². The van der Waals surface area contributed by atoms with Gasteiger partial charge >= 0.3 is 0 Å². The van der Waals surface area contributed by atoms with E-state index in [-0.39, 0.29) is 24.5 Å². The van der Waals surface area contributed by atoms with Crippen molar-refractivity contribution < 1.29 is 9.90 Å². The lowest BCUT2D eigenvalue weighted by molar-refractivity contribution is -0.130. The molecule has 1 aromatic rings. The Labute approximate surface area is 156 Å². The molecule has 0 aromatic heterocycles. The topological polar surface area (TPSA) is 43.8 Å². The number of Topliss-reactive ketones (excluding diaryl/α,β-unsaturated/α-hetero) is 1. The van der Waals surface area contributed by atoms with Crippen LogP contribution in [0.1, 0.15) is 32.3 Å². The number of allylic oxidation sites excluding steroid dienone is 1. The lowest BCUT2D eigenvalue weighted by atomic mass is 9.57. The zero-order valence-corrected chi connectivity index (χ0v) is 16.1. The van der Waals surface area contributed by atoms with Crippen molar-refractivity contribution in [1.82, 2.24) is 4.90 Å². The predicted molar refractivity (Wildman–Crippen MR) is 104 cm³/mol. The Morgan fingerprint density at radius 3 is 2.81 bits per heavy atom. The summed E-state index contributed by atoms with van der Waals surface area (Å²) in [4.78, 5) is 18.4. The van der Waals surface area contributed by atoms with Crippen LogP contribution in [0.3, 0.4) is 0 Å². The fourth-order valence-electron chi connectivity index (χ4n) is 5.94.